The molecule has 1 aromatic heterocycles. The smallest absolute Gasteiger partial charge is 0.259 e. The summed E-state index contributed by atoms with van der Waals surface area (Å²) in [5, 5.41) is 17.3. The maximum atomic E-state index is 14.7. The molecule has 208 valence electrons. The number of aryl methyl sites for hydroxylation is 1. The summed E-state index contributed by atoms with van der Waals surface area (Å²) in [6.07, 6.45) is 1.67. The molecule has 2 aliphatic rings. The van der Waals surface area contributed by atoms with Crippen molar-refractivity contribution in [3.8, 4) is 17.3 Å². The average Bonchev–Trinajstić information content (AvgIpc) is 3.41. The van der Waals surface area contributed by atoms with Gasteiger partial charge in [-0.05, 0) is 43.0 Å². The van der Waals surface area contributed by atoms with E-state index in [-0.39, 0.29) is 45.5 Å². The Morgan fingerprint density at radius 3 is 2.65 bits per heavy atom. The molecule has 3 aromatic rings. The molecular weight excluding hydrogens is 533 g/mol. The number of hydrogen-bond donors (Lipinski definition) is 1. The molecule has 0 radical (unpaired) electrons. The van der Waals surface area contributed by atoms with Crippen LogP contribution in [0.3, 0.4) is 0 Å². The number of carbonyl (C=O) groups is 2. The van der Waals surface area contributed by atoms with Crippen molar-refractivity contribution < 1.29 is 18.5 Å². The average molecular weight is 564 g/mol. The van der Waals surface area contributed by atoms with Gasteiger partial charge in [0.05, 0.1) is 33.9 Å². The zero-order chi connectivity index (χ0) is 28.6. The Bertz CT molecular complexity index is 1470. The van der Waals surface area contributed by atoms with E-state index in [0.29, 0.717) is 50.4 Å². The summed E-state index contributed by atoms with van der Waals surface area (Å²) >= 11 is 6.27. The molecule has 1 spiro atoms. The molecule has 5 rings (SSSR count). The van der Waals surface area contributed by atoms with E-state index in [9.17, 15) is 19.2 Å². The molecule has 10 heteroatoms. The minimum Gasteiger partial charge on any atom is -0.360 e. The normalized spacial score (nSPS) is 18.5. The van der Waals surface area contributed by atoms with Crippen LogP contribution < -0.4 is 5.32 Å². The molecule has 2 aliphatic heterocycles. The Balaban J connectivity index is 1.41. The Labute approximate surface area is 237 Å². The van der Waals surface area contributed by atoms with Crippen molar-refractivity contribution in [3.05, 3.63) is 75.8 Å². The van der Waals surface area contributed by atoms with Gasteiger partial charge >= 0.3 is 0 Å². The molecule has 1 N–H and O–H groups in total. The Morgan fingerprint density at radius 2 is 1.98 bits per heavy atom. The fourth-order valence-electron chi connectivity index (χ4n) is 5.83. The van der Waals surface area contributed by atoms with Crippen molar-refractivity contribution in [1.82, 2.24) is 20.3 Å². The van der Waals surface area contributed by atoms with Crippen LogP contribution in [0, 0.1) is 30.0 Å². The van der Waals surface area contributed by atoms with Crippen LogP contribution in [0.4, 0.5) is 4.39 Å². The second-order valence-electron chi connectivity index (χ2n) is 10.9. The molecular formula is C30H31ClFN5O3. The maximum Gasteiger partial charge on any atom is 0.259 e. The van der Waals surface area contributed by atoms with Gasteiger partial charge in [-0.1, -0.05) is 54.9 Å². The number of hydrogen-bond acceptors (Lipinski definition) is 6. The highest BCUT2D eigenvalue weighted by Gasteiger charge is 2.52. The van der Waals surface area contributed by atoms with Crippen LogP contribution in [0.2, 0.25) is 5.02 Å². The van der Waals surface area contributed by atoms with E-state index in [1.807, 2.05) is 23.1 Å². The van der Waals surface area contributed by atoms with Crippen molar-refractivity contribution in [2.45, 2.75) is 58.3 Å². The van der Waals surface area contributed by atoms with Gasteiger partial charge in [-0.15, -0.1) is 0 Å². The SMILES string of the molecule is Cc1onc(-c2c(F)cccc2Cl)c1C(=O)N1CCC2(CC1)NC(CC(C)C)C(=O)N2Cc1ccccc1C#N. The third kappa shape index (κ3) is 4.98. The summed E-state index contributed by atoms with van der Waals surface area (Å²) in [7, 11) is 0. The number of piperidine rings is 1. The molecule has 2 aromatic carbocycles. The van der Waals surface area contributed by atoms with Crippen LogP contribution in [0.5, 0.6) is 0 Å². The highest BCUT2D eigenvalue weighted by molar-refractivity contribution is 6.33. The van der Waals surface area contributed by atoms with Gasteiger partial charge in [0.25, 0.3) is 5.91 Å². The van der Waals surface area contributed by atoms with E-state index in [4.69, 9.17) is 16.1 Å². The number of aromatic nitrogens is 1. The van der Waals surface area contributed by atoms with Crippen LogP contribution >= 0.6 is 11.6 Å². The van der Waals surface area contributed by atoms with Crippen LogP contribution in [-0.4, -0.2) is 51.6 Å². The summed E-state index contributed by atoms with van der Waals surface area (Å²) in [6, 6.07) is 13.5. The molecule has 40 heavy (non-hydrogen) atoms. The molecule has 3 heterocycles. The van der Waals surface area contributed by atoms with E-state index in [0.717, 1.165) is 5.56 Å². The second kappa shape index (κ2) is 11.0. The van der Waals surface area contributed by atoms with E-state index in [2.05, 4.69) is 30.4 Å². The van der Waals surface area contributed by atoms with Gasteiger partial charge in [0.2, 0.25) is 5.91 Å². The van der Waals surface area contributed by atoms with E-state index >= 15 is 0 Å². The second-order valence-corrected chi connectivity index (χ2v) is 11.3. The number of nitriles is 1. The topological polar surface area (TPSA) is 102 Å². The lowest BCUT2D eigenvalue weighted by molar-refractivity contribution is -0.134. The number of benzene rings is 2. The lowest BCUT2D eigenvalue weighted by Gasteiger charge is -2.44. The van der Waals surface area contributed by atoms with E-state index in [1.165, 1.54) is 18.2 Å². The first-order valence-corrected chi connectivity index (χ1v) is 13.8. The fourth-order valence-corrected chi connectivity index (χ4v) is 6.08. The van der Waals surface area contributed by atoms with Gasteiger partial charge in [-0.25, -0.2) is 4.39 Å². The number of rotatable bonds is 6. The molecule has 0 bridgehead atoms. The quantitative estimate of drug-likeness (QED) is 0.437. The number of carbonyl (C=O) groups excluding carboxylic acids is 2. The largest absolute Gasteiger partial charge is 0.360 e. The van der Waals surface area contributed by atoms with Crippen molar-refractivity contribution in [3.63, 3.8) is 0 Å². The standard InChI is InChI=1S/C30H31ClFN5O3/c1-18(2)15-24-28(38)37(17-21-8-5-4-7-20(21)16-33)30(34-24)11-13-36(14-12-30)29(39)25-19(3)40-35-27(25)26-22(31)9-6-10-23(26)32/h4-10,18,24,34H,11-15,17H2,1-3H3. The zero-order valence-corrected chi connectivity index (χ0v) is 23.5. The van der Waals surface area contributed by atoms with Crippen LogP contribution in [0.15, 0.2) is 47.0 Å². The molecule has 2 fully saturated rings. The van der Waals surface area contributed by atoms with Crippen molar-refractivity contribution in [2.75, 3.05) is 13.1 Å². The van der Waals surface area contributed by atoms with Crippen molar-refractivity contribution >= 4 is 23.4 Å². The number of nitrogens with one attached hydrogen (secondary N) is 1. The van der Waals surface area contributed by atoms with Gasteiger partial charge in [0.1, 0.15) is 22.8 Å². The van der Waals surface area contributed by atoms with Crippen LogP contribution in [0.25, 0.3) is 11.3 Å². The summed E-state index contributed by atoms with van der Waals surface area (Å²) in [5.41, 5.74) is 0.946. The highest BCUT2D eigenvalue weighted by atomic mass is 35.5. The summed E-state index contributed by atoms with van der Waals surface area (Å²) in [5.74, 6) is -0.322. The number of likely N-dealkylation sites (tertiary alicyclic amines) is 1. The van der Waals surface area contributed by atoms with E-state index in [1.54, 1.807) is 17.9 Å². The molecule has 0 saturated carbocycles. The minimum atomic E-state index is -0.655. The van der Waals surface area contributed by atoms with Gasteiger partial charge in [0, 0.05) is 32.5 Å². The molecule has 0 aliphatic carbocycles. The van der Waals surface area contributed by atoms with Gasteiger partial charge in [0.15, 0.2) is 0 Å². The number of amides is 2. The zero-order valence-electron chi connectivity index (χ0n) is 22.7. The van der Waals surface area contributed by atoms with Crippen LogP contribution in [-0.2, 0) is 11.3 Å². The lowest BCUT2D eigenvalue weighted by Crippen LogP contribution is -2.59. The molecule has 1 atom stereocenters. The number of halogens is 2. The first-order valence-electron chi connectivity index (χ1n) is 13.4. The monoisotopic (exact) mass is 563 g/mol. The fraction of sp³-hybridized carbons (Fsp3) is 0.400. The molecule has 8 nitrogen and oxygen atoms in total. The summed E-state index contributed by atoms with van der Waals surface area (Å²) < 4.78 is 20.0. The third-order valence-electron chi connectivity index (χ3n) is 7.85. The van der Waals surface area contributed by atoms with E-state index < -0.39 is 11.5 Å². The predicted molar refractivity (Wildman–Crippen MR) is 148 cm³/mol. The maximum absolute atomic E-state index is 14.7. The van der Waals surface area contributed by atoms with Gasteiger partial charge in [-0.2, -0.15) is 5.26 Å². The minimum absolute atomic E-state index is 0.00702. The van der Waals surface area contributed by atoms with Gasteiger partial charge in [-0.3, -0.25) is 14.9 Å². The summed E-state index contributed by atoms with van der Waals surface area (Å²) in [6.45, 7) is 6.80. The lowest BCUT2D eigenvalue weighted by atomic mass is 9.94. The first kappa shape index (κ1) is 27.8. The third-order valence-corrected chi connectivity index (χ3v) is 8.17. The predicted octanol–water partition coefficient (Wildman–Crippen LogP) is 5.29. The Hall–Kier alpha value is -3.74. The molecule has 2 amide bonds. The van der Waals surface area contributed by atoms with Crippen molar-refractivity contribution in [2.24, 2.45) is 5.92 Å². The highest BCUT2D eigenvalue weighted by Crippen LogP contribution is 2.38. The first-order chi connectivity index (χ1) is 19.1. The number of nitrogens with zero attached hydrogens (tertiary/aromatic N) is 4. The van der Waals surface area contributed by atoms with Crippen LogP contribution in [0.1, 0.15) is 60.4 Å². The molecule has 2 saturated heterocycles. The Kier molecular flexibility index (Phi) is 7.67. The van der Waals surface area contributed by atoms with Gasteiger partial charge < -0.3 is 14.3 Å². The molecule has 1 unspecified atom stereocenters. The van der Waals surface area contributed by atoms with Crippen molar-refractivity contribution in [1.29, 1.82) is 5.26 Å². The summed E-state index contributed by atoms with van der Waals surface area (Å²) in [4.78, 5) is 31.0. The Morgan fingerprint density at radius 1 is 1.25 bits per heavy atom.